The van der Waals surface area contributed by atoms with E-state index in [2.05, 4.69) is 14.4 Å². The van der Waals surface area contributed by atoms with E-state index in [0.717, 1.165) is 77.8 Å². The molecule has 1 aliphatic rings. The second-order valence-corrected chi connectivity index (χ2v) is 10.8. The summed E-state index contributed by atoms with van der Waals surface area (Å²) in [5.41, 5.74) is 3.89. The van der Waals surface area contributed by atoms with Crippen LogP contribution in [0.5, 0.6) is 0 Å². The molecule has 0 bridgehead atoms. The van der Waals surface area contributed by atoms with Crippen LogP contribution in [-0.4, -0.2) is 51.8 Å². The maximum Gasteiger partial charge on any atom is 0.416 e. The fourth-order valence-electron chi connectivity index (χ4n) is 6.04. The zero-order valence-corrected chi connectivity index (χ0v) is 22.7. The minimum Gasteiger partial charge on any atom is -0.390 e. The highest BCUT2D eigenvalue weighted by molar-refractivity contribution is 6.09. The Morgan fingerprint density at radius 3 is 2.05 bits per heavy atom. The molecule has 212 valence electrons. The molecule has 4 nitrogen and oxygen atoms in total. The number of rotatable bonds is 6. The lowest BCUT2D eigenvalue weighted by molar-refractivity contribution is -0.137. The maximum absolute atomic E-state index is 13.3. The molecule has 4 aromatic carbocycles. The molecule has 1 saturated heterocycles. The van der Waals surface area contributed by atoms with E-state index in [0.29, 0.717) is 5.56 Å². The molecule has 1 aliphatic heterocycles. The number of nitrogens with zero attached hydrogens (tertiary/aromatic N) is 3. The maximum atomic E-state index is 13.3. The second-order valence-electron chi connectivity index (χ2n) is 10.8. The lowest BCUT2D eigenvalue weighted by Crippen LogP contribution is -2.50. The van der Waals surface area contributed by atoms with Crippen molar-refractivity contribution in [1.29, 1.82) is 0 Å². The van der Waals surface area contributed by atoms with Gasteiger partial charge in [-0.25, -0.2) is 4.39 Å². The zero-order valence-electron chi connectivity index (χ0n) is 22.7. The van der Waals surface area contributed by atoms with Crippen LogP contribution < -0.4 is 0 Å². The number of alkyl halides is 3. The van der Waals surface area contributed by atoms with Crippen LogP contribution in [0.4, 0.5) is 17.6 Å². The number of hydrogen-bond donors (Lipinski definition) is 1. The van der Waals surface area contributed by atoms with E-state index in [9.17, 15) is 22.7 Å². The lowest BCUT2D eigenvalue weighted by atomic mass is 10.0. The zero-order chi connectivity index (χ0) is 28.7. The summed E-state index contributed by atoms with van der Waals surface area (Å²) < 4.78 is 54.8. The minimum atomic E-state index is -4.38. The van der Waals surface area contributed by atoms with E-state index in [1.165, 1.54) is 24.3 Å². The average Bonchev–Trinajstić information content (AvgIpc) is 3.28. The number of para-hydroxylation sites is 1. The van der Waals surface area contributed by atoms with Crippen LogP contribution in [0.2, 0.25) is 0 Å². The van der Waals surface area contributed by atoms with Crippen LogP contribution in [0.25, 0.3) is 32.9 Å². The molecule has 0 amide bonds. The van der Waals surface area contributed by atoms with Gasteiger partial charge in [-0.2, -0.15) is 13.2 Å². The van der Waals surface area contributed by atoms with Crippen LogP contribution in [0.3, 0.4) is 0 Å². The third-order valence-electron chi connectivity index (χ3n) is 8.05. The third-order valence-corrected chi connectivity index (χ3v) is 8.05. The van der Waals surface area contributed by atoms with Crippen molar-refractivity contribution < 1.29 is 22.7 Å². The van der Waals surface area contributed by atoms with Gasteiger partial charge in [0.2, 0.25) is 0 Å². The molecule has 2 atom stereocenters. The monoisotopic (exact) mass is 561 g/mol. The molecule has 8 heteroatoms. The summed E-state index contributed by atoms with van der Waals surface area (Å²) in [5, 5.41) is 13.1. The van der Waals surface area contributed by atoms with E-state index in [1.54, 1.807) is 0 Å². The first-order valence-electron chi connectivity index (χ1n) is 13.8. The molecule has 5 aromatic rings. The Kier molecular flexibility index (Phi) is 7.32. The molecule has 0 radical (unpaired) electrons. The normalized spacial score (nSPS) is 16.8. The summed E-state index contributed by atoms with van der Waals surface area (Å²) in [6.07, 6.45) is -5.34. The molecule has 6 rings (SSSR count). The largest absolute Gasteiger partial charge is 0.416 e. The number of aromatic nitrogens is 1. The van der Waals surface area contributed by atoms with Gasteiger partial charge in [0, 0.05) is 43.5 Å². The third kappa shape index (κ3) is 5.47. The first-order valence-corrected chi connectivity index (χ1v) is 13.8. The molecule has 41 heavy (non-hydrogen) atoms. The van der Waals surface area contributed by atoms with Crippen molar-refractivity contribution in [3.8, 4) is 11.1 Å². The van der Waals surface area contributed by atoms with Crippen LogP contribution in [-0.2, 0) is 12.7 Å². The molecular formula is C33H31F4N3O. The molecule has 0 saturated carbocycles. The number of benzene rings is 4. The Morgan fingerprint density at radius 1 is 0.756 bits per heavy atom. The van der Waals surface area contributed by atoms with E-state index in [4.69, 9.17) is 0 Å². The van der Waals surface area contributed by atoms with Crippen LogP contribution in [0.15, 0.2) is 91.0 Å². The Labute approximate surface area is 236 Å². The van der Waals surface area contributed by atoms with Gasteiger partial charge in [-0.15, -0.1) is 0 Å². The van der Waals surface area contributed by atoms with E-state index in [-0.39, 0.29) is 12.0 Å². The number of fused-ring (bicyclic) bond motifs is 3. The van der Waals surface area contributed by atoms with Gasteiger partial charge < -0.3 is 9.67 Å². The molecule has 1 N–H and O–H groups in total. The number of halogens is 4. The summed E-state index contributed by atoms with van der Waals surface area (Å²) >= 11 is 0. The van der Waals surface area contributed by atoms with Crippen molar-refractivity contribution >= 4 is 21.8 Å². The van der Waals surface area contributed by atoms with Crippen LogP contribution in [0.1, 0.15) is 24.2 Å². The summed E-state index contributed by atoms with van der Waals surface area (Å²) in [5.74, 6) is -0.240. The highest BCUT2D eigenvalue weighted by Gasteiger charge is 2.32. The Balaban J connectivity index is 1.32. The van der Waals surface area contributed by atoms with Gasteiger partial charge in [-0.1, -0.05) is 48.5 Å². The smallest absolute Gasteiger partial charge is 0.390 e. The topological polar surface area (TPSA) is 31.6 Å². The fraction of sp³-hybridized carbons (Fsp3) is 0.273. The van der Waals surface area contributed by atoms with Gasteiger partial charge in [0.25, 0.3) is 0 Å². The molecule has 1 aromatic heterocycles. The van der Waals surface area contributed by atoms with Gasteiger partial charge in [-0.3, -0.25) is 9.80 Å². The predicted octanol–water partition coefficient (Wildman–Crippen LogP) is 7.32. The van der Waals surface area contributed by atoms with E-state index in [1.807, 2.05) is 61.5 Å². The summed E-state index contributed by atoms with van der Waals surface area (Å²) in [7, 11) is 0. The average molecular weight is 562 g/mol. The summed E-state index contributed by atoms with van der Waals surface area (Å²) in [4.78, 5) is 4.65. The number of piperazine rings is 1. The van der Waals surface area contributed by atoms with Crippen LogP contribution in [0, 0.1) is 5.82 Å². The Bertz CT molecular complexity index is 1650. The molecule has 0 spiro atoms. The quantitative estimate of drug-likeness (QED) is 0.221. The van der Waals surface area contributed by atoms with Crippen molar-refractivity contribution in [3.63, 3.8) is 0 Å². The summed E-state index contributed by atoms with van der Waals surface area (Å²) in [6, 6.07) is 25.9. The molecule has 0 aliphatic carbocycles. The standard InChI is InChI=1S/C33H31F4N3O/c1-22(41)32(39-18-16-38(17-19-39)21-23-6-13-27(34)14-7-23)40-30-5-3-2-4-28(30)29-20-25(10-15-31(29)40)24-8-11-26(12-9-24)33(35,36)37/h2-15,20,22,32,41H,16-19,21H2,1H3. The molecule has 2 heterocycles. The summed E-state index contributed by atoms with van der Waals surface area (Å²) in [6.45, 7) is 5.71. The van der Waals surface area contributed by atoms with Crippen molar-refractivity contribution in [2.24, 2.45) is 0 Å². The van der Waals surface area contributed by atoms with Gasteiger partial charge in [0.05, 0.1) is 22.7 Å². The van der Waals surface area contributed by atoms with Gasteiger partial charge in [-0.05, 0) is 66.1 Å². The predicted molar refractivity (Wildman–Crippen MR) is 154 cm³/mol. The van der Waals surface area contributed by atoms with Gasteiger partial charge >= 0.3 is 6.18 Å². The van der Waals surface area contributed by atoms with Crippen LogP contribution >= 0.6 is 0 Å². The Morgan fingerprint density at radius 2 is 1.39 bits per heavy atom. The molecule has 2 unspecified atom stereocenters. The highest BCUT2D eigenvalue weighted by atomic mass is 19.4. The van der Waals surface area contributed by atoms with Crippen molar-refractivity contribution in [2.75, 3.05) is 26.2 Å². The van der Waals surface area contributed by atoms with Crippen molar-refractivity contribution in [3.05, 3.63) is 108 Å². The van der Waals surface area contributed by atoms with Crippen molar-refractivity contribution in [1.82, 2.24) is 14.4 Å². The number of hydrogen-bond acceptors (Lipinski definition) is 3. The minimum absolute atomic E-state index is 0.240. The SMILES string of the molecule is CC(O)C(N1CCN(Cc2ccc(F)cc2)CC1)n1c2ccccc2c2cc(-c3ccc(C(F)(F)F)cc3)ccc21. The second kappa shape index (κ2) is 10.9. The van der Waals surface area contributed by atoms with E-state index < -0.39 is 17.8 Å². The van der Waals surface area contributed by atoms with E-state index >= 15 is 0 Å². The fourth-order valence-corrected chi connectivity index (χ4v) is 6.04. The van der Waals surface area contributed by atoms with Gasteiger partial charge in [0.15, 0.2) is 0 Å². The Hall–Kier alpha value is -3.72. The van der Waals surface area contributed by atoms with Crippen molar-refractivity contribution in [2.45, 2.75) is 31.9 Å². The molecule has 1 fully saturated rings. The first kappa shape index (κ1) is 27.4. The first-order chi connectivity index (χ1) is 19.7. The molecular weight excluding hydrogens is 530 g/mol. The highest BCUT2D eigenvalue weighted by Crippen LogP contribution is 2.38. The number of aliphatic hydroxyl groups is 1. The number of aliphatic hydroxyl groups excluding tert-OH is 1. The van der Waals surface area contributed by atoms with Gasteiger partial charge in [0.1, 0.15) is 12.0 Å². The lowest BCUT2D eigenvalue weighted by Gasteiger charge is -2.41.